The number of rotatable bonds is 5. The number of anilines is 3. The Hall–Kier alpha value is -4.49. The molecule has 1 fully saturated rings. The Bertz CT molecular complexity index is 1370. The lowest BCUT2D eigenvalue weighted by molar-refractivity contribution is 0.102. The smallest absolute Gasteiger partial charge is 0.277 e. The van der Waals surface area contributed by atoms with Crippen LogP contribution in [0.1, 0.15) is 16.1 Å². The molecule has 0 atom stereocenters. The molecule has 0 radical (unpaired) electrons. The Labute approximate surface area is 206 Å². The zero-order valence-electron chi connectivity index (χ0n) is 18.5. The summed E-state index contributed by atoms with van der Waals surface area (Å²) in [7, 11) is 0. The summed E-state index contributed by atoms with van der Waals surface area (Å²) in [6, 6.07) is 16.4. The summed E-state index contributed by atoms with van der Waals surface area (Å²) >= 11 is 5.92. The second-order valence-electron chi connectivity index (χ2n) is 7.85. The Morgan fingerprint density at radius 1 is 1.00 bits per heavy atom. The zero-order valence-corrected chi connectivity index (χ0v) is 19.3. The Kier molecular flexibility index (Phi) is 6.24. The van der Waals surface area contributed by atoms with E-state index in [9.17, 15) is 10.1 Å². The Morgan fingerprint density at radius 3 is 2.43 bits per heavy atom. The van der Waals surface area contributed by atoms with Gasteiger partial charge in [-0.3, -0.25) is 4.79 Å². The molecule has 0 spiro atoms. The van der Waals surface area contributed by atoms with Crippen molar-refractivity contribution in [3.8, 4) is 11.8 Å². The molecule has 1 aliphatic heterocycles. The molecule has 2 aromatic carbocycles. The van der Waals surface area contributed by atoms with Crippen molar-refractivity contribution in [2.24, 2.45) is 0 Å². The standard InChI is InChI=1S/C24H20ClN9O/c25-18-2-5-20(6-3-18)34-16-21(30-31-34)23(35)29-19-4-7-22(17(14-19)15-26)32-10-12-33(13-11-32)24-27-8-1-9-28-24/h1-9,14,16H,10-13H2,(H,29,35). The van der Waals surface area contributed by atoms with Crippen LogP contribution in [0.5, 0.6) is 0 Å². The van der Waals surface area contributed by atoms with Crippen LogP contribution in [0.3, 0.4) is 0 Å². The number of carbonyl (C=O) groups is 1. The third kappa shape index (κ3) is 4.90. The molecule has 1 amide bonds. The van der Waals surface area contributed by atoms with Gasteiger partial charge < -0.3 is 15.1 Å². The van der Waals surface area contributed by atoms with E-state index in [0.717, 1.165) is 37.6 Å². The molecule has 0 aliphatic carbocycles. The lowest BCUT2D eigenvalue weighted by Gasteiger charge is -2.36. The van der Waals surface area contributed by atoms with Crippen LogP contribution in [0.15, 0.2) is 67.1 Å². The van der Waals surface area contributed by atoms with Crippen LogP contribution < -0.4 is 15.1 Å². The van der Waals surface area contributed by atoms with Gasteiger partial charge in [0.15, 0.2) is 5.69 Å². The highest BCUT2D eigenvalue weighted by Gasteiger charge is 2.21. The molecule has 174 valence electrons. The first kappa shape index (κ1) is 22.3. The van der Waals surface area contributed by atoms with E-state index in [1.165, 1.54) is 10.9 Å². The number of hydrogen-bond donors (Lipinski definition) is 1. The van der Waals surface area contributed by atoms with E-state index in [2.05, 4.69) is 41.5 Å². The molecule has 5 rings (SSSR count). The topological polar surface area (TPSA) is 116 Å². The normalized spacial score (nSPS) is 13.4. The molecule has 4 aromatic rings. The number of nitrogens with zero attached hydrogens (tertiary/aromatic N) is 8. The highest BCUT2D eigenvalue weighted by atomic mass is 35.5. The van der Waals surface area contributed by atoms with E-state index < -0.39 is 5.91 Å². The molecule has 10 nitrogen and oxygen atoms in total. The predicted molar refractivity (Wildman–Crippen MR) is 132 cm³/mol. The lowest BCUT2D eigenvalue weighted by Crippen LogP contribution is -2.47. The van der Waals surface area contributed by atoms with Crippen molar-refractivity contribution in [1.82, 2.24) is 25.0 Å². The number of nitrogens with one attached hydrogen (secondary N) is 1. The van der Waals surface area contributed by atoms with Gasteiger partial charge in [-0.2, -0.15) is 5.26 Å². The minimum absolute atomic E-state index is 0.154. The van der Waals surface area contributed by atoms with E-state index in [1.807, 2.05) is 6.07 Å². The van der Waals surface area contributed by atoms with Crippen molar-refractivity contribution in [1.29, 1.82) is 5.26 Å². The average Bonchev–Trinajstić information content (AvgIpc) is 3.40. The first-order chi connectivity index (χ1) is 17.1. The molecule has 1 aliphatic rings. The number of halogens is 1. The fourth-order valence-corrected chi connectivity index (χ4v) is 3.99. The number of benzene rings is 2. The van der Waals surface area contributed by atoms with Gasteiger partial charge in [0.1, 0.15) is 6.07 Å². The number of amides is 1. The van der Waals surface area contributed by atoms with Crippen molar-refractivity contribution in [3.63, 3.8) is 0 Å². The van der Waals surface area contributed by atoms with Gasteiger partial charge in [0.05, 0.1) is 23.1 Å². The van der Waals surface area contributed by atoms with Gasteiger partial charge in [0.2, 0.25) is 5.95 Å². The molecule has 1 N–H and O–H groups in total. The van der Waals surface area contributed by atoms with Gasteiger partial charge in [-0.25, -0.2) is 14.6 Å². The minimum atomic E-state index is -0.418. The van der Waals surface area contributed by atoms with Crippen molar-refractivity contribution in [2.45, 2.75) is 0 Å². The Balaban J connectivity index is 1.25. The number of piperazine rings is 1. The van der Waals surface area contributed by atoms with Crippen molar-refractivity contribution in [2.75, 3.05) is 41.3 Å². The third-order valence-electron chi connectivity index (χ3n) is 5.65. The number of aromatic nitrogens is 5. The van der Waals surface area contributed by atoms with Crippen molar-refractivity contribution < 1.29 is 4.79 Å². The maximum atomic E-state index is 12.7. The van der Waals surface area contributed by atoms with Crippen LogP contribution in [-0.4, -0.2) is 57.0 Å². The number of hydrogen-bond acceptors (Lipinski definition) is 8. The summed E-state index contributed by atoms with van der Waals surface area (Å²) in [5.74, 6) is 0.289. The van der Waals surface area contributed by atoms with E-state index in [1.54, 1.807) is 54.9 Å². The second kappa shape index (κ2) is 9.79. The summed E-state index contributed by atoms with van der Waals surface area (Å²) < 4.78 is 1.50. The van der Waals surface area contributed by atoms with Gasteiger partial charge in [0.25, 0.3) is 5.91 Å². The molecular weight excluding hydrogens is 466 g/mol. The predicted octanol–water partition coefficient (Wildman–Crippen LogP) is 3.16. The molecule has 35 heavy (non-hydrogen) atoms. The fraction of sp³-hybridized carbons (Fsp3) is 0.167. The largest absolute Gasteiger partial charge is 0.367 e. The van der Waals surface area contributed by atoms with Gasteiger partial charge in [-0.1, -0.05) is 16.8 Å². The maximum absolute atomic E-state index is 12.7. The summed E-state index contributed by atoms with van der Waals surface area (Å²) in [4.78, 5) is 25.6. The molecule has 1 saturated heterocycles. The van der Waals surface area contributed by atoms with Crippen LogP contribution in [0.25, 0.3) is 5.69 Å². The summed E-state index contributed by atoms with van der Waals surface area (Å²) in [6.07, 6.45) is 5.00. The fourth-order valence-electron chi connectivity index (χ4n) is 3.86. The average molecular weight is 486 g/mol. The van der Waals surface area contributed by atoms with Gasteiger partial charge in [-0.05, 0) is 48.5 Å². The lowest BCUT2D eigenvalue weighted by atomic mass is 10.1. The molecule has 3 heterocycles. The summed E-state index contributed by atoms with van der Waals surface area (Å²) in [6.45, 7) is 2.95. The minimum Gasteiger partial charge on any atom is -0.367 e. The quantitative estimate of drug-likeness (QED) is 0.458. The molecule has 2 aromatic heterocycles. The van der Waals surface area contributed by atoms with Crippen LogP contribution in [0.2, 0.25) is 5.02 Å². The van der Waals surface area contributed by atoms with E-state index in [4.69, 9.17) is 11.6 Å². The van der Waals surface area contributed by atoms with Crippen LogP contribution in [0, 0.1) is 11.3 Å². The summed E-state index contributed by atoms with van der Waals surface area (Å²) in [5.41, 5.74) is 2.70. The zero-order chi connectivity index (χ0) is 24.2. The molecule has 0 unspecified atom stereocenters. The van der Waals surface area contributed by atoms with Crippen LogP contribution >= 0.6 is 11.6 Å². The van der Waals surface area contributed by atoms with Gasteiger partial charge >= 0.3 is 0 Å². The molecule has 11 heteroatoms. The first-order valence-corrected chi connectivity index (χ1v) is 11.3. The van der Waals surface area contributed by atoms with Crippen molar-refractivity contribution in [3.05, 3.63) is 83.4 Å². The van der Waals surface area contributed by atoms with Gasteiger partial charge in [-0.15, -0.1) is 5.10 Å². The Morgan fingerprint density at radius 2 is 1.71 bits per heavy atom. The first-order valence-electron chi connectivity index (χ1n) is 10.9. The van der Waals surface area contributed by atoms with Crippen LogP contribution in [0.4, 0.5) is 17.3 Å². The molecule has 0 bridgehead atoms. The van der Waals surface area contributed by atoms with Gasteiger partial charge in [0, 0.05) is 49.3 Å². The second-order valence-corrected chi connectivity index (χ2v) is 8.28. The summed E-state index contributed by atoms with van der Waals surface area (Å²) in [5, 5.41) is 21.1. The molecular formula is C24H20ClN9O. The highest BCUT2D eigenvalue weighted by molar-refractivity contribution is 6.30. The molecule has 0 saturated carbocycles. The van der Waals surface area contributed by atoms with E-state index in [-0.39, 0.29) is 5.69 Å². The monoisotopic (exact) mass is 485 g/mol. The van der Waals surface area contributed by atoms with Crippen molar-refractivity contribution >= 4 is 34.8 Å². The van der Waals surface area contributed by atoms with Crippen LogP contribution in [-0.2, 0) is 0 Å². The maximum Gasteiger partial charge on any atom is 0.277 e. The number of nitriles is 1. The highest BCUT2D eigenvalue weighted by Crippen LogP contribution is 2.26. The third-order valence-corrected chi connectivity index (χ3v) is 5.90. The van der Waals surface area contributed by atoms with E-state index in [0.29, 0.717) is 22.2 Å². The number of carbonyl (C=O) groups excluding carboxylic acids is 1. The SMILES string of the molecule is N#Cc1cc(NC(=O)c2cn(-c3ccc(Cl)cc3)nn2)ccc1N1CCN(c2ncccn2)CC1. The van der Waals surface area contributed by atoms with E-state index >= 15 is 0 Å².